The van der Waals surface area contributed by atoms with Crippen LogP contribution in [0.5, 0.6) is 5.75 Å². The van der Waals surface area contributed by atoms with Gasteiger partial charge in [0.25, 0.3) is 0 Å². The van der Waals surface area contributed by atoms with E-state index in [1.165, 1.54) is 12.1 Å². The minimum atomic E-state index is -0.680. The van der Waals surface area contributed by atoms with Crippen LogP contribution in [0, 0.1) is 17.1 Å². The van der Waals surface area contributed by atoms with Gasteiger partial charge in [-0.2, -0.15) is 5.26 Å². The Kier molecular flexibility index (Phi) is 4.13. The van der Waals surface area contributed by atoms with E-state index < -0.39 is 11.9 Å². The molecule has 4 nitrogen and oxygen atoms in total. The summed E-state index contributed by atoms with van der Waals surface area (Å²) in [6, 6.07) is 5.89. The van der Waals surface area contributed by atoms with Crippen molar-refractivity contribution in [3.05, 3.63) is 29.6 Å². The number of phenolic OH excluding ortho intramolecular Hbond substituents is 1. The SMILES string of the molecule is N#CC(c1ccc(O)c(F)c1)N1CCCNCC1. The smallest absolute Gasteiger partial charge is 0.165 e. The van der Waals surface area contributed by atoms with Crippen molar-refractivity contribution in [2.75, 3.05) is 26.2 Å². The van der Waals surface area contributed by atoms with Gasteiger partial charge in [0.1, 0.15) is 6.04 Å². The first-order valence-corrected chi connectivity index (χ1v) is 6.05. The minimum absolute atomic E-state index is 0.382. The molecule has 0 bridgehead atoms. The fourth-order valence-electron chi connectivity index (χ4n) is 2.19. The molecule has 5 heteroatoms. The molecule has 1 saturated heterocycles. The molecular weight excluding hydrogens is 233 g/mol. The van der Waals surface area contributed by atoms with Crippen LogP contribution >= 0.6 is 0 Å². The summed E-state index contributed by atoms with van der Waals surface area (Å²) in [7, 11) is 0. The van der Waals surface area contributed by atoms with Crippen LogP contribution in [-0.4, -0.2) is 36.2 Å². The van der Waals surface area contributed by atoms with Crippen molar-refractivity contribution in [1.29, 1.82) is 5.26 Å². The van der Waals surface area contributed by atoms with E-state index in [4.69, 9.17) is 0 Å². The molecule has 0 radical (unpaired) electrons. The zero-order chi connectivity index (χ0) is 13.0. The molecule has 1 aromatic carbocycles. The topological polar surface area (TPSA) is 59.3 Å². The average Bonchev–Trinajstić information content (AvgIpc) is 2.64. The van der Waals surface area contributed by atoms with Gasteiger partial charge in [-0.05, 0) is 30.7 Å². The quantitative estimate of drug-likeness (QED) is 0.831. The summed E-state index contributed by atoms with van der Waals surface area (Å²) in [6.45, 7) is 3.35. The van der Waals surface area contributed by atoms with Crippen molar-refractivity contribution < 1.29 is 9.50 Å². The predicted octanol–water partition coefficient (Wildman–Crippen LogP) is 1.39. The summed E-state index contributed by atoms with van der Waals surface area (Å²) >= 11 is 0. The third-order valence-electron chi connectivity index (χ3n) is 3.15. The van der Waals surface area contributed by atoms with Gasteiger partial charge in [0, 0.05) is 19.6 Å². The fraction of sp³-hybridized carbons (Fsp3) is 0.462. The largest absolute Gasteiger partial charge is 0.505 e. The maximum atomic E-state index is 13.3. The molecule has 18 heavy (non-hydrogen) atoms. The van der Waals surface area contributed by atoms with Crippen molar-refractivity contribution >= 4 is 0 Å². The molecule has 0 aromatic heterocycles. The Bertz CT molecular complexity index is 450. The molecule has 96 valence electrons. The molecule has 1 aliphatic heterocycles. The van der Waals surface area contributed by atoms with E-state index in [2.05, 4.69) is 11.4 Å². The highest BCUT2D eigenvalue weighted by Crippen LogP contribution is 2.25. The highest BCUT2D eigenvalue weighted by molar-refractivity contribution is 5.32. The summed E-state index contributed by atoms with van der Waals surface area (Å²) in [5.74, 6) is -1.06. The summed E-state index contributed by atoms with van der Waals surface area (Å²) in [5, 5.41) is 21.7. The van der Waals surface area contributed by atoms with E-state index in [1.807, 2.05) is 4.90 Å². The van der Waals surface area contributed by atoms with E-state index in [9.17, 15) is 14.8 Å². The van der Waals surface area contributed by atoms with Gasteiger partial charge in [0.05, 0.1) is 6.07 Å². The molecule has 2 N–H and O–H groups in total. The van der Waals surface area contributed by atoms with Gasteiger partial charge in [-0.15, -0.1) is 0 Å². The van der Waals surface area contributed by atoms with Crippen LogP contribution in [0.15, 0.2) is 18.2 Å². The Morgan fingerprint density at radius 3 is 2.94 bits per heavy atom. The summed E-state index contributed by atoms with van der Waals surface area (Å²) in [6.07, 6.45) is 0.971. The van der Waals surface area contributed by atoms with Crippen molar-refractivity contribution in [1.82, 2.24) is 10.2 Å². The number of aromatic hydroxyl groups is 1. The van der Waals surface area contributed by atoms with Crippen molar-refractivity contribution in [2.45, 2.75) is 12.5 Å². The van der Waals surface area contributed by atoms with Gasteiger partial charge in [-0.1, -0.05) is 6.07 Å². The van der Waals surface area contributed by atoms with Crippen LogP contribution < -0.4 is 5.32 Å². The first-order valence-electron chi connectivity index (χ1n) is 6.05. The molecule has 1 heterocycles. The van der Waals surface area contributed by atoms with E-state index >= 15 is 0 Å². The van der Waals surface area contributed by atoms with E-state index in [-0.39, 0.29) is 5.75 Å². The van der Waals surface area contributed by atoms with Gasteiger partial charge in [-0.25, -0.2) is 4.39 Å². The second-order valence-electron chi connectivity index (χ2n) is 4.38. The van der Waals surface area contributed by atoms with Crippen LogP contribution in [0.2, 0.25) is 0 Å². The molecule has 1 aromatic rings. The molecule has 0 spiro atoms. The van der Waals surface area contributed by atoms with Gasteiger partial charge in [0.15, 0.2) is 11.6 Å². The number of halogens is 1. The standard InChI is InChI=1S/C13H16FN3O/c14-11-8-10(2-3-13(11)18)12(9-15)17-6-1-4-16-5-7-17/h2-3,8,12,16,18H,1,4-7H2. The van der Waals surface area contributed by atoms with Gasteiger partial charge >= 0.3 is 0 Å². The number of nitrogens with one attached hydrogen (secondary N) is 1. The number of hydrogen-bond donors (Lipinski definition) is 2. The lowest BCUT2D eigenvalue weighted by Gasteiger charge is -2.25. The van der Waals surface area contributed by atoms with Crippen molar-refractivity contribution in [3.8, 4) is 11.8 Å². The van der Waals surface area contributed by atoms with Gasteiger partial charge in [-0.3, -0.25) is 4.90 Å². The summed E-state index contributed by atoms with van der Waals surface area (Å²) < 4.78 is 13.3. The predicted molar refractivity (Wildman–Crippen MR) is 65.5 cm³/mol. The third kappa shape index (κ3) is 2.78. The molecule has 1 atom stereocenters. The molecular formula is C13H16FN3O. The number of hydrogen-bond acceptors (Lipinski definition) is 4. The van der Waals surface area contributed by atoms with Crippen LogP contribution in [-0.2, 0) is 0 Å². The van der Waals surface area contributed by atoms with Crippen LogP contribution in [0.25, 0.3) is 0 Å². The zero-order valence-electron chi connectivity index (χ0n) is 10.1. The van der Waals surface area contributed by atoms with E-state index in [1.54, 1.807) is 6.07 Å². The second kappa shape index (κ2) is 5.80. The molecule has 1 unspecified atom stereocenters. The normalized spacial score (nSPS) is 18.9. The van der Waals surface area contributed by atoms with Crippen LogP contribution in [0.1, 0.15) is 18.0 Å². The summed E-state index contributed by atoms with van der Waals surface area (Å²) in [4.78, 5) is 2.03. The zero-order valence-corrected chi connectivity index (χ0v) is 10.1. The molecule has 0 aliphatic carbocycles. The lowest BCUT2D eigenvalue weighted by atomic mass is 10.1. The monoisotopic (exact) mass is 249 g/mol. The van der Waals surface area contributed by atoms with Crippen molar-refractivity contribution in [2.24, 2.45) is 0 Å². The Balaban J connectivity index is 2.21. The summed E-state index contributed by atoms with van der Waals surface area (Å²) in [5.41, 5.74) is 0.592. The highest BCUT2D eigenvalue weighted by Gasteiger charge is 2.21. The molecule has 0 saturated carbocycles. The fourth-order valence-corrected chi connectivity index (χ4v) is 2.19. The Labute approximate surface area is 106 Å². The van der Waals surface area contributed by atoms with E-state index in [0.717, 1.165) is 32.6 Å². The number of rotatable bonds is 2. The maximum absolute atomic E-state index is 13.3. The molecule has 1 fully saturated rings. The Morgan fingerprint density at radius 1 is 1.39 bits per heavy atom. The highest BCUT2D eigenvalue weighted by atomic mass is 19.1. The first-order chi connectivity index (χ1) is 8.72. The molecule has 1 aliphatic rings. The van der Waals surface area contributed by atoms with Crippen LogP contribution in [0.3, 0.4) is 0 Å². The van der Waals surface area contributed by atoms with E-state index in [0.29, 0.717) is 5.56 Å². The van der Waals surface area contributed by atoms with Gasteiger partial charge in [0.2, 0.25) is 0 Å². The molecule has 2 rings (SSSR count). The number of nitriles is 1. The third-order valence-corrected chi connectivity index (χ3v) is 3.15. The average molecular weight is 249 g/mol. The van der Waals surface area contributed by atoms with Gasteiger partial charge < -0.3 is 10.4 Å². The Hall–Kier alpha value is -1.64. The second-order valence-corrected chi connectivity index (χ2v) is 4.38. The number of phenols is 1. The lowest BCUT2D eigenvalue weighted by Crippen LogP contribution is -2.31. The minimum Gasteiger partial charge on any atom is -0.505 e. The Morgan fingerprint density at radius 2 is 2.22 bits per heavy atom. The lowest BCUT2D eigenvalue weighted by molar-refractivity contribution is 0.252. The number of nitrogens with zero attached hydrogens (tertiary/aromatic N) is 2. The van der Waals surface area contributed by atoms with Crippen LogP contribution in [0.4, 0.5) is 4.39 Å². The maximum Gasteiger partial charge on any atom is 0.165 e. The molecule has 0 amide bonds. The number of benzene rings is 1. The van der Waals surface area contributed by atoms with Crippen molar-refractivity contribution in [3.63, 3.8) is 0 Å². The first kappa shape index (κ1) is 12.8.